The average Bonchev–Trinajstić information content (AvgIpc) is 3.36. The molecule has 2 saturated carbocycles. The van der Waals surface area contributed by atoms with Gasteiger partial charge in [0, 0.05) is 12.2 Å². The molecule has 0 aliphatic heterocycles. The predicted octanol–water partition coefficient (Wildman–Crippen LogP) is 5.83. The minimum absolute atomic E-state index is 0.349. The first-order valence-electron chi connectivity index (χ1n) is 10.4. The number of aromatic nitrogens is 1. The van der Waals surface area contributed by atoms with Gasteiger partial charge in [0.1, 0.15) is 5.01 Å². The van der Waals surface area contributed by atoms with E-state index in [1.54, 1.807) is 23.5 Å². The van der Waals surface area contributed by atoms with Gasteiger partial charge in [-0.15, -0.1) is 11.3 Å². The lowest BCUT2D eigenvalue weighted by Gasteiger charge is -2.18. The molecule has 2 aliphatic rings. The van der Waals surface area contributed by atoms with Crippen LogP contribution in [0.3, 0.4) is 0 Å². The summed E-state index contributed by atoms with van der Waals surface area (Å²) in [4.78, 5) is 6.31. The van der Waals surface area contributed by atoms with Crippen molar-refractivity contribution >= 4 is 21.2 Å². The average molecular weight is 420 g/mol. The minimum Gasteiger partial charge on any atom is -0.476 e. The largest absolute Gasteiger partial charge is 0.476 e. The molecule has 1 aromatic heterocycles. The third-order valence-electron chi connectivity index (χ3n) is 6.04. The van der Waals surface area contributed by atoms with Crippen molar-refractivity contribution in [1.29, 1.82) is 0 Å². The second kappa shape index (κ2) is 8.54. The highest BCUT2D eigenvalue weighted by Gasteiger charge is 2.24. The van der Waals surface area contributed by atoms with E-state index in [0.717, 1.165) is 22.9 Å². The summed E-state index contributed by atoms with van der Waals surface area (Å²) >= 11 is 1.73. The Bertz CT molecular complexity index is 890. The van der Waals surface area contributed by atoms with Crippen molar-refractivity contribution in [1.82, 2.24) is 4.98 Å². The van der Waals surface area contributed by atoms with Gasteiger partial charge >= 0.3 is 0 Å². The first-order chi connectivity index (χ1) is 13.5. The van der Waals surface area contributed by atoms with E-state index in [9.17, 15) is 8.42 Å². The first-order valence-corrected chi connectivity index (χ1v) is 13.2. The maximum atomic E-state index is 11.8. The number of hydrogen-bond acceptors (Lipinski definition) is 5. The highest BCUT2D eigenvalue weighted by atomic mass is 32.2. The molecule has 0 radical (unpaired) electrons. The van der Waals surface area contributed by atoms with Crippen LogP contribution in [0, 0.1) is 5.92 Å². The fraction of sp³-hybridized carbons (Fsp3) is 0.591. The Morgan fingerprint density at radius 1 is 1.00 bits per heavy atom. The molecule has 0 bridgehead atoms. The zero-order valence-corrected chi connectivity index (χ0v) is 18.2. The molecule has 0 atom stereocenters. The zero-order chi connectivity index (χ0) is 19.6. The predicted molar refractivity (Wildman–Crippen MR) is 114 cm³/mol. The van der Waals surface area contributed by atoms with E-state index in [2.05, 4.69) is 0 Å². The van der Waals surface area contributed by atoms with Crippen molar-refractivity contribution in [2.24, 2.45) is 5.92 Å². The number of thiazole rings is 1. The molecule has 2 aromatic rings. The molecule has 152 valence electrons. The third-order valence-corrected chi connectivity index (χ3v) is 8.42. The molecular formula is C22H29NO3S2. The number of sulfone groups is 1. The lowest BCUT2D eigenvalue weighted by molar-refractivity contribution is 0.245. The van der Waals surface area contributed by atoms with E-state index in [1.807, 2.05) is 12.1 Å². The normalized spacial score (nSPS) is 19.2. The molecule has 4 nitrogen and oxygen atoms in total. The van der Waals surface area contributed by atoms with Crippen molar-refractivity contribution in [3.05, 3.63) is 29.3 Å². The highest BCUT2D eigenvalue weighted by Crippen LogP contribution is 2.43. The van der Waals surface area contributed by atoms with Crippen LogP contribution in [0.5, 0.6) is 5.88 Å². The maximum absolute atomic E-state index is 11.8. The van der Waals surface area contributed by atoms with Crippen molar-refractivity contribution in [3.63, 3.8) is 0 Å². The molecular weight excluding hydrogens is 390 g/mol. The van der Waals surface area contributed by atoms with Crippen LogP contribution in [0.4, 0.5) is 0 Å². The van der Waals surface area contributed by atoms with Crippen LogP contribution in [0.15, 0.2) is 29.2 Å². The summed E-state index contributed by atoms with van der Waals surface area (Å²) < 4.78 is 29.8. The van der Waals surface area contributed by atoms with Crippen molar-refractivity contribution in [3.8, 4) is 16.3 Å². The molecule has 0 spiro atoms. The van der Waals surface area contributed by atoms with Crippen LogP contribution in [0.1, 0.15) is 68.7 Å². The van der Waals surface area contributed by atoms with Gasteiger partial charge in [-0.25, -0.2) is 13.4 Å². The fourth-order valence-corrected chi connectivity index (χ4v) is 6.17. The van der Waals surface area contributed by atoms with Crippen molar-refractivity contribution in [2.75, 3.05) is 12.9 Å². The number of benzene rings is 1. The Labute approximate surface area is 172 Å². The SMILES string of the molecule is CS(=O)(=O)c1ccc(-c2sc(C3CCCCC3)nc2OCC2CCCC2)cc1. The zero-order valence-electron chi connectivity index (χ0n) is 16.5. The Morgan fingerprint density at radius 3 is 2.29 bits per heavy atom. The van der Waals surface area contributed by atoms with Crippen LogP contribution in [-0.4, -0.2) is 26.3 Å². The first kappa shape index (κ1) is 19.9. The quantitative estimate of drug-likeness (QED) is 0.591. The van der Waals surface area contributed by atoms with Gasteiger partial charge in [-0.05, 0) is 49.3 Å². The molecule has 6 heteroatoms. The lowest BCUT2D eigenvalue weighted by atomic mass is 9.90. The summed E-state index contributed by atoms with van der Waals surface area (Å²) in [5.74, 6) is 1.92. The summed E-state index contributed by atoms with van der Waals surface area (Å²) in [6, 6.07) is 7.14. The summed E-state index contributed by atoms with van der Waals surface area (Å²) in [6.07, 6.45) is 12.6. The monoisotopic (exact) mass is 419 g/mol. The van der Waals surface area contributed by atoms with E-state index in [0.29, 0.717) is 16.7 Å². The summed E-state index contributed by atoms with van der Waals surface area (Å²) in [5, 5.41) is 1.18. The number of rotatable bonds is 6. The van der Waals surface area contributed by atoms with Gasteiger partial charge in [-0.3, -0.25) is 0 Å². The van der Waals surface area contributed by atoms with E-state index < -0.39 is 9.84 Å². The summed E-state index contributed by atoms with van der Waals surface area (Å²) in [6.45, 7) is 0.738. The van der Waals surface area contributed by atoms with Gasteiger partial charge in [-0.2, -0.15) is 0 Å². The summed E-state index contributed by atoms with van der Waals surface area (Å²) in [7, 11) is -3.19. The van der Waals surface area contributed by atoms with E-state index in [-0.39, 0.29) is 0 Å². The van der Waals surface area contributed by atoms with Gasteiger partial charge in [-0.1, -0.05) is 44.2 Å². The minimum atomic E-state index is -3.19. The van der Waals surface area contributed by atoms with Gasteiger partial charge in [0.25, 0.3) is 0 Å². The Balaban J connectivity index is 1.61. The molecule has 0 N–H and O–H groups in total. The van der Waals surface area contributed by atoms with Gasteiger partial charge < -0.3 is 4.74 Å². The second-order valence-corrected chi connectivity index (χ2v) is 11.3. The Morgan fingerprint density at radius 2 is 1.64 bits per heavy atom. The summed E-state index contributed by atoms with van der Waals surface area (Å²) in [5.41, 5.74) is 0.994. The standard InChI is InChI=1S/C22H29NO3S2/c1-28(24,25)19-13-11-17(12-14-19)20-21(26-15-16-7-5-6-8-16)23-22(27-20)18-9-3-2-4-10-18/h11-14,16,18H,2-10,15H2,1H3. The molecule has 28 heavy (non-hydrogen) atoms. The van der Waals surface area contributed by atoms with Crippen LogP contribution >= 0.6 is 11.3 Å². The van der Waals surface area contributed by atoms with E-state index in [1.165, 1.54) is 69.1 Å². The van der Waals surface area contributed by atoms with Crippen LogP contribution < -0.4 is 4.74 Å². The lowest BCUT2D eigenvalue weighted by Crippen LogP contribution is -2.09. The molecule has 1 heterocycles. The van der Waals surface area contributed by atoms with Crippen LogP contribution in [0.25, 0.3) is 10.4 Å². The smallest absolute Gasteiger partial charge is 0.232 e. The van der Waals surface area contributed by atoms with E-state index >= 15 is 0 Å². The van der Waals surface area contributed by atoms with E-state index in [4.69, 9.17) is 9.72 Å². The molecule has 4 rings (SSSR count). The highest BCUT2D eigenvalue weighted by molar-refractivity contribution is 7.90. The molecule has 2 aliphatic carbocycles. The van der Waals surface area contributed by atoms with Gasteiger partial charge in [0.15, 0.2) is 9.84 Å². The molecule has 1 aromatic carbocycles. The van der Waals surface area contributed by atoms with Gasteiger partial charge in [0.2, 0.25) is 5.88 Å². The number of hydrogen-bond donors (Lipinski definition) is 0. The molecule has 0 saturated heterocycles. The molecule has 0 unspecified atom stereocenters. The topological polar surface area (TPSA) is 56.3 Å². The maximum Gasteiger partial charge on any atom is 0.232 e. The third kappa shape index (κ3) is 4.60. The van der Waals surface area contributed by atoms with Crippen molar-refractivity contribution in [2.45, 2.75) is 68.6 Å². The van der Waals surface area contributed by atoms with Crippen LogP contribution in [0.2, 0.25) is 0 Å². The Kier molecular flexibility index (Phi) is 6.07. The molecule has 0 amide bonds. The van der Waals surface area contributed by atoms with Crippen molar-refractivity contribution < 1.29 is 13.2 Å². The van der Waals surface area contributed by atoms with Gasteiger partial charge in [0.05, 0.1) is 16.4 Å². The number of nitrogens with zero attached hydrogens (tertiary/aromatic N) is 1. The molecule has 2 fully saturated rings. The number of ether oxygens (including phenoxy) is 1. The fourth-order valence-electron chi connectivity index (χ4n) is 4.35. The Hall–Kier alpha value is -1.40. The van der Waals surface area contributed by atoms with Crippen LogP contribution in [-0.2, 0) is 9.84 Å². The second-order valence-electron chi connectivity index (χ2n) is 8.28.